The summed E-state index contributed by atoms with van der Waals surface area (Å²) in [6, 6.07) is 0. The summed E-state index contributed by atoms with van der Waals surface area (Å²) >= 11 is 0. The van der Waals surface area contributed by atoms with Crippen LogP contribution >= 0.6 is 0 Å². The van der Waals surface area contributed by atoms with Crippen LogP contribution in [0.1, 0.15) is 46.5 Å². The molecule has 0 bridgehead atoms. The van der Waals surface area contributed by atoms with Gasteiger partial charge in [0.1, 0.15) is 0 Å². The fourth-order valence-electron chi connectivity index (χ4n) is 1.61. The molecule has 0 amide bonds. The average Bonchev–Trinajstić information content (AvgIpc) is 3.05. The van der Waals surface area contributed by atoms with Crippen molar-refractivity contribution in [3.05, 3.63) is 23.5 Å². The van der Waals surface area contributed by atoms with Gasteiger partial charge in [0.15, 0.2) is 0 Å². The normalized spacial score (nSPS) is 17.2. The molecule has 2 nitrogen and oxygen atoms in total. The van der Waals surface area contributed by atoms with Crippen molar-refractivity contribution in [2.75, 3.05) is 7.05 Å². The van der Waals surface area contributed by atoms with E-state index in [-0.39, 0.29) is 0 Å². The third kappa shape index (κ3) is 4.65. The molecule has 0 aromatic rings. The van der Waals surface area contributed by atoms with Crippen LogP contribution in [-0.2, 0) is 0 Å². The van der Waals surface area contributed by atoms with Crippen LogP contribution in [0.2, 0.25) is 0 Å². The molecule has 0 atom stereocenters. The second kappa shape index (κ2) is 6.51. The van der Waals surface area contributed by atoms with E-state index in [4.69, 9.17) is 0 Å². The summed E-state index contributed by atoms with van der Waals surface area (Å²) in [5.74, 6) is 0.727. The summed E-state index contributed by atoms with van der Waals surface area (Å²) in [5.41, 5.74) is 3.85. The van der Waals surface area contributed by atoms with Crippen LogP contribution in [-0.4, -0.2) is 12.8 Å². The van der Waals surface area contributed by atoms with E-state index in [2.05, 4.69) is 43.4 Å². The summed E-state index contributed by atoms with van der Waals surface area (Å²) in [4.78, 5) is 4.38. The molecular formula is C14H24N2. The molecule has 1 fully saturated rings. The van der Waals surface area contributed by atoms with Crippen molar-refractivity contribution in [2.24, 2.45) is 10.9 Å². The van der Waals surface area contributed by atoms with Crippen LogP contribution in [0, 0.1) is 5.92 Å². The Morgan fingerprint density at radius 1 is 1.38 bits per heavy atom. The molecule has 0 spiro atoms. The molecule has 2 heteroatoms. The zero-order chi connectivity index (χ0) is 12.0. The van der Waals surface area contributed by atoms with Gasteiger partial charge in [-0.15, -0.1) is 0 Å². The molecule has 0 saturated heterocycles. The molecule has 0 unspecified atom stereocenters. The van der Waals surface area contributed by atoms with Gasteiger partial charge in [-0.2, -0.15) is 0 Å². The van der Waals surface area contributed by atoms with Crippen molar-refractivity contribution >= 4 is 5.71 Å². The van der Waals surface area contributed by atoms with E-state index in [1.54, 1.807) is 0 Å². The predicted octanol–water partition coefficient (Wildman–Crippen LogP) is 3.66. The van der Waals surface area contributed by atoms with Gasteiger partial charge in [0.2, 0.25) is 0 Å². The predicted molar refractivity (Wildman–Crippen MR) is 71.6 cm³/mol. The van der Waals surface area contributed by atoms with Gasteiger partial charge in [0.05, 0.1) is 0 Å². The maximum Gasteiger partial charge on any atom is 0.0393 e. The summed E-state index contributed by atoms with van der Waals surface area (Å²) in [6.07, 6.45) is 9.19. The summed E-state index contributed by atoms with van der Waals surface area (Å²) in [5, 5.41) is 3.39. The van der Waals surface area contributed by atoms with E-state index in [0.29, 0.717) is 0 Å². The van der Waals surface area contributed by atoms with Crippen LogP contribution < -0.4 is 5.32 Å². The maximum absolute atomic E-state index is 4.38. The lowest BCUT2D eigenvalue weighted by Crippen LogP contribution is -2.09. The van der Waals surface area contributed by atoms with E-state index in [1.807, 2.05) is 7.05 Å². The van der Waals surface area contributed by atoms with Gasteiger partial charge < -0.3 is 5.32 Å². The Morgan fingerprint density at radius 3 is 2.50 bits per heavy atom. The van der Waals surface area contributed by atoms with E-state index >= 15 is 0 Å². The van der Waals surface area contributed by atoms with Gasteiger partial charge >= 0.3 is 0 Å². The minimum atomic E-state index is 0.727. The van der Waals surface area contributed by atoms with Gasteiger partial charge in [0.25, 0.3) is 0 Å². The van der Waals surface area contributed by atoms with Crippen LogP contribution in [0.4, 0.5) is 0 Å². The Balaban J connectivity index is 2.66. The molecule has 1 aliphatic rings. The number of hydrogen-bond donors (Lipinski definition) is 1. The fourth-order valence-corrected chi connectivity index (χ4v) is 1.61. The van der Waals surface area contributed by atoms with Crippen molar-refractivity contribution in [2.45, 2.75) is 46.5 Å². The second-order valence-corrected chi connectivity index (χ2v) is 4.71. The lowest BCUT2D eigenvalue weighted by atomic mass is 10.1. The average molecular weight is 220 g/mol. The van der Waals surface area contributed by atoms with Crippen molar-refractivity contribution in [3.8, 4) is 0 Å². The van der Waals surface area contributed by atoms with Gasteiger partial charge in [-0.3, -0.25) is 4.99 Å². The standard InChI is InChI=1S/C14H24N2/c1-5-6-13(16-10-11(2)3)9-14(15-4)12-7-8-12/h9-10,12,16H,5-8H2,1-4H3/b13-9+,15-14?. The van der Waals surface area contributed by atoms with E-state index in [0.717, 1.165) is 18.8 Å². The van der Waals surface area contributed by atoms with Crippen LogP contribution in [0.25, 0.3) is 0 Å². The second-order valence-electron chi connectivity index (χ2n) is 4.71. The number of allylic oxidation sites excluding steroid dienone is 3. The number of nitrogens with one attached hydrogen (secondary N) is 1. The Hall–Kier alpha value is -1.05. The van der Waals surface area contributed by atoms with Gasteiger partial charge in [0, 0.05) is 24.4 Å². The first-order valence-electron chi connectivity index (χ1n) is 6.24. The minimum absolute atomic E-state index is 0.727. The van der Waals surface area contributed by atoms with Gasteiger partial charge in [-0.05, 0) is 45.4 Å². The molecule has 1 rings (SSSR count). The van der Waals surface area contributed by atoms with Crippen molar-refractivity contribution in [1.29, 1.82) is 0 Å². The largest absolute Gasteiger partial charge is 0.365 e. The zero-order valence-corrected chi connectivity index (χ0v) is 11.0. The third-order valence-electron chi connectivity index (χ3n) is 2.64. The molecule has 0 aromatic heterocycles. The van der Waals surface area contributed by atoms with Crippen molar-refractivity contribution < 1.29 is 0 Å². The number of nitrogens with zero attached hydrogens (tertiary/aromatic N) is 1. The Bertz CT molecular complexity index is 303. The van der Waals surface area contributed by atoms with Crippen molar-refractivity contribution in [3.63, 3.8) is 0 Å². The smallest absolute Gasteiger partial charge is 0.0393 e. The van der Waals surface area contributed by atoms with Gasteiger partial charge in [-0.1, -0.05) is 18.9 Å². The summed E-state index contributed by atoms with van der Waals surface area (Å²) < 4.78 is 0. The van der Waals surface area contributed by atoms with Crippen LogP contribution in [0.3, 0.4) is 0 Å². The Labute approximate surface area is 99.5 Å². The molecule has 1 aliphatic carbocycles. The van der Waals surface area contributed by atoms with E-state index in [1.165, 1.54) is 29.8 Å². The number of aliphatic imine (C=N–C) groups is 1. The highest BCUT2D eigenvalue weighted by atomic mass is 14.9. The molecule has 90 valence electrons. The topological polar surface area (TPSA) is 24.4 Å². The molecule has 1 saturated carbocycles. The molecule has 16 heavy (non-hydrogen) atoms. The van der Waals surface area contributed by atoms with Gasteiger partial charge in [-0.25, -0.2) is 0 Å². The molecule has 0 aromatic carbocycles. The highest BCUT2D eigenvalue weighted by molar-refractivity contribution is 5.98. The summed E-state index contributed by atoms with van der Waals surface area (Å²) in [7, 11) is 1.90. The molecule has 0 aliphatic heterocycles. The Morgan fingerprint density at radius 2 is 2.06 bits per heavy atom. The first kappa shape index (κ1) is 13.0. The first-order valence-corrected chi connectivity index (χ1v) is 6.24. The maximum atomic E-state index is 4.38. The molecule has 0 radical (unpaired) electrons. The monoisotopic (exact) mass is 220 g/mol. The highest BCUT2D eigenvalue weighted by Crippen LogP contribution is 2.31. The quantitative estimate of drug-likeness (QED) is 0.679. The SMILES string of the molecule is CCC/C(=C\C(=NC)C1CC1)NC=C(C)C. The third-order valence-corrected chi connectivity index (χ3v) is 2.64. The molecule has 0 heterocycles. The fraction of sp³-hybridized carbons (Fsp3) is 0.643. The van der Waals surface area contributed by atoms with E-state index in [9.17, 15) is 0 Å². The van der Waals surface area contributed by atoms with Crippen molar-refractivity contribution in [1.82, 2.24) is 5.32 Å². The lowest BCUT2D eigenvalue weighted by Gasteiger charge is -2.08. The highest BCUT2D eigenvalue weighted by Gasteiger charge is 2.25. The summed E-state index contributed by atoms with van der Waals surface area (Å²) in [6.45, 7) is 6.41. The zero-order valence-electron chi connectivity index (χ0n) is 11.0. The lowest BCUT2D eigenvalue weighted by molar-refractivity contribution is 0.835. The van der Waals surface area contributed by atoms with Crippen LogP contribution in [0.5, 0.6) is 0 Å². The first-order chi connectivity index (χ1) is 7.67. The number of hydrogen-bond acceptors (Lipinski definition) is 2. The number of rotatable bonds is 6. The molecule has 1 N–H and O–H groups in total. The van der Waals surface area contributed by atoms with E-state index < -0.39 is 0 Å². The Kier molecular flexibility index (Phi) is 5.30. The molecular weight excluding hydrogens is 196 g/mol. The minimum Gasteiger partial charge on any atom is -0.365 e. The van der Waals surface area contributed by atoms with Crippen LogP contribution in [0.15, 0.2) is 28.5 Å².